The zero-order valence-corrected chi connectivity index (χ0v) is 17.9. The second-order valence-corrected chi connectivity index (χ2v) is 8.01. The lowest BCUT2D eigenvalue weighted by Crippen LogP contribution is -2.32. The molecule has 2 aromatic carbocycles. The number of primary amides is 1. The zero-order valence-electron chi connectivity index (χ0n) is 14.9. The molecule has 1 aromatic heterocycles. The number of amides is 1. The van der Waals surface area contributed by atoms with Gasteiger partial charge in [-0.2, -0.15) is 4.98 Å². The molecule has 1 atom stereocenters. The molecule has 148 valence electrons. The van der Waals surface area contributed by atoms with Gasteiger partial charge in [-0.05, 0) is 31.2 Å². The molecule has 1 aliphatic rings. The second kappa shape index (κ2) is 7.54. The van der Waals surface area contributed by atoms with Gasteiger partial charge in [0.05, 0.1) is 25.7 Å². The van der Waals surface area contributed by atoms with Crippen LogP contribution in [0.25, 0.3) is 11.4 Å². The summed E-state index contributed by atoms with van der Waals surface area (Å²) in [4.78, 5) is 16.8. The molecular weight excluding hydrogens is 456 g/mol. The predicted octanol–water partition coefficient (Wildman–Crippen LogP) is 5.33. The highest BCUT2D eigenvalue weighted by molar-refractivity contribution is 6.42. The van der Waals surface area contributed by atoms with Crippen LogP contribution in [0.2, 0.25) is 20.1 Å². The van der Waals surface area contributed by atoms with E-state index in [1.807, 2.05) is 0 Å². The zero-order chi connectivity index (χ0) is 20.9. The van der Waals surface area contributed by atoms with E-state index in [0.717, 1.165) is 0 Å². The highest BCUT2D eigenvalue weighted by atomic mass is 35.5. The van der Waals surface area contributed by atoms with Gasteiger partial charge in [0, 0.05) is 16.8 Å². The van der Waals surface area contributed by atoms with Crippen LogP contribution in [0.1, 0.15) is 18.5 Å². The molecule has 2 heterocycles. The minimum absolute atomic E-state index is 0.310. The summed E-state index contributed by atoms with van der Waals surface area (Å²) in [7, 11) is 0. The first kappa shape index (κ1) is 20.0. The number of carbonyl (C=O) groups excluding carboxylic acids is 1. The monoisotopic (exact) mass is 467 g/mol. The van der Waals surface area contributed by atoms with Crippen molar-refractivity contribution in [2.75, 3.05) is 5.32 Å². The average Bonchev–Trinajstić information content (AvgIpc) is 3.08. The normalized spacial score (nSPS) is 15.8. The summed E-state index contributed by atoms with van der Waals surface area (Å²) >= 11 is 24.8. The fraction of sp³-hybridized carbons (Fsp3) is 0.105. The van der Waals surface area contributed by atoms with Crippen LogP contribution in [-0.2, 0) is 4.79 Å². The van der Waals surface area contributed by atoms with Gasteiger partial charge in [-0.25, -0.2) is 4.68 Å². The number of hydrogen-bond acceptors (Lipinski definition) is 4. The molecule has 1 amide bonds. The summed E-state index contributed by atoms with van der Waals surface area (Å²) in [6, 6.07) is 9.57. The Morgan fingerprint density at radius 1 is 1.10 bits per heavy atom. The summed E-state index contributed by atoms with van der Waals surface area (Å²) in [5, 5.41) is 9.13. The molecule has 10 heteroatoms. The van der Waals surface area contributed by atoms with Crippen LogP contribution in [0.15, 0.2) is 47.7 Å². The number of halogens is 4. The molecule has 3 N–H and O–H groups in total. The SMILES string of the molecule is CC1=C(C(N)=O)C(c2cccc(Cl)c2Cl)n2nc(-c3ccc(Cl)c(Cl)c3)nc2N1. The summed E-state index contributed by atoms with van der Waals surface area (Å²) in [6.07, 6.45) is 0. The van der Waals surface area contributed by atoms with E-state index in [4.69, 9.17) is 52.1 Å². The van der Waals surface area contributed by atoms with Crippen LogP contribution >= 0.6 is 46.4 Å². The number of benzene rings is 2. The molecule has 0 saturated heterocycles. The highest BCUT2D eigenvalue weighted by Gasteiger charge is 2.35. The molecular formula is C19H13Cl4N5O. The van der Waals surface area contributed by atoms with E-state index in [1.54, 1.807) is 48.0 Å². The molecule has 1 unspecified atom stereocenters. The van der Waals surface area contributed by atoms with E-state index in [1.165, 1.54) is 0 Å². The second-order valence-electron chi connectivity index (χ2n) is 6.41. The molecule has 29 heavy (non-hydrogen) atoms. The number of aromatic nitrogens is 3. The van der Waals surface area contributed by atoms with Gasteiger partial charge in [-0.1, -0.05) is 58.5 Å². The van der Waals surface area contributed by atoms with E-state index in [2.05, 4.69) is 15.4 Å². The van der Waals surface area contributed by atoms with E-state index in [-0.39, 0.29) is 0 Å². The van der Waals surface area contributed by atoms with E-state index >= 15 is 0 Å². The number of carbonyl (C=O) groups is 1. The van der Waals surface area contributed by atoms with Crippen molar-refractivity contribution < 1.29 is 4.79 Å². The van der Waals surface area contributed by atoms with Gasteiger partial charge in [-0.15, -0.1) is 5.10 Å². The van der Waals surface area contributed by atoms with Crippen molar-refractivity contribution >= 4 is 58.3 Å². The van der Waals surface area contributed by atoms with Gasteiger partial charge in [-0.3, -0.25) is 4.79 Å². The van der Waals surface area contributed by atoms with E-state index < -0.39 is 11.9 Å². The maximum atomic E-state index is 12.3. The standard InChI is InChI=1S/C19H13Cl4N5O/c1-8-14(17(24)29)16(10-3-2-4-12(21)15(10)23)28-19(25-8)26-18(27-28)9-5-6-11(20)13(22)7-9/h2-7,16H,1H3,(H2,24,29)(H,25,26,27). The Bertz CT molecular complexity index is 1190. The number of nitrogens with two attached hydrogens (primary N) is 1. The summed E-state index contributed by atoms with van der Waals surface area (Å²) in [5.74, 6) is 0.218. The molecule has 0 saturated carbocycles. The van der Waals surface area contributed by atoms with Crippen molar-refractivity contribution in [2.45, 2.75) is 13.0 Å². The summed E-state index contributed by atoms with van der Waals surface area (Å²) < 4.78 is 1.56. The predicted molar refractivity (Wildman–Crippen MR) is 116 cm³/mol. The van der Waals surface area contributed by atoms with Crippen LogP contribution in [-0.4, -0.2) is 20.7 Å². The van der Waals surface area contributed by atoms with Crippen molar-refractivity contribution in [3.63, 3.8) is 0 Å². The molecule has 0 aliphatic carbocycles. The lowest BCUT2D eigenvalue weighted by atomic mass is 9.95. The Labute approximate surface area is 186 Å². The quantitative estimate of drug-likeness (QED) is 0.543. The first-order valence-corrected chi connectivity index (χ1v) is 9.92. The summed E-state index contributed by atoms with van der Waals surface area (Å²) in [6.45, 7) is 1.74. The number of fused-ring (bicyclic) bond motifs is 1. The number of rotatable bonds is 3. The smallest absolute Gasteiger partial charge is 0.248 e. The van der Waals surface area contributed by atoms with Gasteiger partial charge in [0.25, 0.3) is 0 Å². The number of hydrogen-bond donors (Lipinski definition) is 2. The first-order chi connectivity index (χ1) is 13.8. The largest absolute Gasteiger partial charge is 0.366 e. The van der Waals surface area contributed by atoms with Gasteiger partial charge in [0.2, 0.25) is 11.9 Å². The Morgan fingerprint density at radius 2 is 1.86 bits per heavy atom. The molecule has 0 bridgehead atoms. The lowest BCUT2D eigenvalue weighted by molar-refractivity contribution is -0.115. The summed E-state index contributed by atoms with van der Waals surface area (Å²) in [5.41, 5.74) is 7.79. The van der Waals surface area contributed by atoms with E-state index in [9.17, 15) is 4.79 Å². The van der Waals surface area contributed by atoms with Crippen LogP contribution in [0.5, 0.6) is 0 Å². The third-order valence-electron chi connectivity index (χ3n) is 4.57. The van der Waals surface area contributed by atoms with Gasteiger partial charge >= 0.3 is 0 Å². The lowest BCUT2D eigenvalue weighted by Gasteiger charge is -2.28. The number of anilines is 1. The van der Waals surface area contributed by atoms with Crippen LogP contribution < -0.4 is 11.1 Å². The third-order valence-corrected chi connectivity index (χ3v) is 6.14. The van der Waals surface area contributed by atoms with Crippen LogP contribution in [0.3, 0.4) is 0 Å². The molecule has 1 aliphatic heterocycles. The number of allylic oxidation sites excluding steroid dienone is 1. The molecule has 0 fully saturated rings. The maximum Gasteiger partial charge on any atom is 0.248 e. The highest BCUT2D eigenvalue weighted by Crippen LogP contribution is 2.40. The van der Waals surface area contributed by atoms with Gasteiger partial charge < -0.3 is 11.1 Å². The van der Waals surface area contributed by atoms with Crippen molar-refractivity contribution in [3.05, 3.63) is 73.3 Å². The van der Waals surface area contributed by atoms with Crippen molar-refractivity contribution in [1.29, 1.82) is 0 Å². The Kier molecular flexibility index (Phi) is 5.21. The first-order valence-electron chi connectivity index (χ1n) is 8.41. The minimum Gasteiger partial charge on any atom is -0.366 e. The topological polar surface area (TPSA) is 85.8 Å². The van der Waals surface area contributed by atoms with Gasteiger partial charge in [0.15, 0.2) is 5.82 Å². The molecule has 3 aromatic rings. The molecule has 0 radical (unpaired) electrons. The van der Waals surface area contributed by atoms with Crippen molar-refractivity contribution in [1.82, 2.24) is 14.8 Å². The van der Waals surface area contributed by atoms with Gasteiger partial charge in [0.1, 0.15) is 6.04 Å². The Hall–Kier alpha value is -2.25. The molecule has 0 spiro atoms. The van der Waals surface area contributed by atoms with Crippen molar-refractivity contribution in [2.24, 2.45) is 5.73 Å². The number of nitrogens with one attached hydrogen (secondary N) is 1. The fourth-order valence-corrected chi connectivity index (χ4v) is 3.96. The maximum absolute atomic E-state index is 12.3. The Morgan fingerprint density at radius 3 is 2.55 bits per heavy atom. The van der Waals surface area contributed by atoms with Crippen LogP contribution in [0.4, 0.5) is 5.95 Å². The average molecular weight is 469 g/mol. The molecule has 4 rings (SSSR count). The fourth-order valence-electron chi connectivity index (χ4n) is 3.25. The molecule has 6 nitrogen and oxygen atoms in total. The Balaban J connectivity index is 1.92. The number of nitrogens with zero attached hydrogens (tertiary/aromatic N) is 3. The van der Waals surface area contributed by atoms with Crippen molar-refractivity contribution in [3.8, 4) is 11.4 Å². The van der Waals surface area contributed by atoms with E-state index in [0.29, 0.717) is 54.3 Å². The third kappa shape index (κ3) is 3.46. The van der Waals surface area contributed by atoms with Crippen LogP contribution in [0, 0.1) is 0 Å². The minimum atomic E-state index is -0.695.